The molecular formula is C12H16O2. The molecule has 0 bridgehead atoms. The van der Waals surface area contributed by atoms with Gasteiger partial charge in [-0.25, -0.2) is 0 Å². The van der Waals surface area contributed by atoms with Gasteiger partial charge in [0, 0.05) is 5.56 Å². The second kappa shape index (κ2) is 3.93. The first-order valence-corrected chi connectivity index (χ1v) is 4.81. The summed E-state index contributed by atoms with van der Waals surface area (Å²) in [4.78, 5) is 11.8. The van der Waals surface area contributed by atoms with Crippen LogP contribution < -0.4 is 0 Å². The molecule has 2 heteroatoms. The molecule has 14 heavy (non-hydrogen) atoms. The van der Waals surface area contributed by atoms with Crippen molar-refractivity contribution < 1.29 is 9.90 Å². The number of hydrogen-bond donors (Lipinski definition) is 1. The number of rotatable bonds is 3. The van der Waals surface area contributed by atoms with Gasteiger partial charge in [-0.3, -0.25) is 4.79 Å². The molecule has 1 atom stereocenters. The van der Waals surface area contributed by atoms with E-state index in [1.54, 1.807) is 26.0 Å². The van der Waals surface area contributed by atoms with Crippen LogP contribution in [0.2, 0.25) is 0 Å². The summed E-state index contributed by atoms with van der Waals surface area (Å²) in [6, 6.07) is 7.25. The lowest BCUT2D eigenvalue weighted by atomic mass is 9.92. The Morgan fingerprint density at radius 3 is 2.29 bits per heavy atom. The fourth-order valence-corrected chi connectivity index (χ4v) is 1.18. The standard InChI is InChI=1S/C12H16O2/c1-4-12(3,14)11(13)10-7-5-9(2)6-8-10/h5-8,14H,4H2,1-3H3/t12-/m0/s1. The van der Waals surface area contributed by atoms with E-state index in [0.717, 1.165) is 5.56 Å². The van der Waals surface area contributed by atoms with Crippen molar-refractivity contribution in [2.45, 2.75) is 32.8 Å². The van der Waals surface area contributed by atoms with Gasteiger partial charge >= 0.3 is 0 Å². The van der Waals surface area contributed by atoms with Crippen molar-refractivity contribution in [3.8, 4) is 0 Å². The molecular weight excluding hydrogens is 176 g/mol. The van der Waals surface area contributed by atoms with E-state index in [1.807, 2.05) is 19.1 Å². The van der Waals surface area contributed by atoms with Crippen LogP contribution in [0.25, 0.3) is 0 Å². The van der Waals surface area contributed by atoms with E-state index in [0.29, 0.717) is 12.0 Å². The number of aliphatic hydroxyl groups is 1. The van der Waals surface area contributed by atoms with Crippen LogP contribution >= 0.6 is 0 Å². The second-order valence-electron chi connectivity index (χ2n) is 3.82. The summed E-state index contributed by atoms with van der Waals surface area (Å²) in [5.41, 5.74) is 0.440. The fourth-order valence-electron chi connectivity index (χ4n) is 1.18. The zero-order valence-corrected chi connectivity index (χ0v) is 8.87. The van der Waals surface area contributed by atoms with Gasteiger partial charge in [-0.2, -0.15) is 0 Å². The number of aryl methyl sites for hydroxylation is 1. The third kappa shape index (κ3) is 2.20. The van der Waals surface area contributed by atoms with Crippen LogP contribution in [0.15, 0.2) is 24.3 Å². The predicted octanol–water partition coefficient (Wildman–Crippen LogP) is 2.34. The van der Waals surface area contributed by atoms with Crippen LogP contribution in [0.3, 0.4) is 0 Å². The Morgan fingerprint density at radius 2 is 1.86 bits per heavy atom. The van der Waals surface area contributed by atoms with Gasteiger partial charge < -0.3 is 5.11 Å². The van der Waals surface area contributed by atoms with Crippen LogP contribution in [0.5, 0.6) is 0 Å². The largest absolute Gasteiger partial charge is 0.382 e. The molecule has 0 radical (unpaired) electrons. The molecule has 0 amide bonds. The van der Waals surface area contributed by atoms with Gasteiger partial charge in [0.15, 0.2) is 5.78 Å². The quantitative estimate of drug-likeness (QED) is 0.746. The summed E-state index contributed by atoms with van der Waals surface area (Å²) < 4.78 is 0. The zero-order valence-electron chi connectivity index (χ0n) is 8.87. The Labute approximate surface area is 84.6 Å². The number of hydrogen-bond acceptors (Lipinski definition) is 2. The van der Waals surface area contributed by atoms with Gasteiger partial charge in [-0.15, -0.1) is 0 Å². The second-order valence-corrected chi connectivity index (χ2v) is 3.82. The van der Waals surface area contributed by atoms with Gasteiger partial charge in [0.2, 0.25) is 0 Å². The zero-order chi connectivity index (χ0) is 10.8. The van der Waals surface area contributed by atoms with Gasteiger partial charge in [-0.1, -0.05) is 36.8 Å². The highest BCUT2D eigenvalue weighted by Gasteiger charge is 2.28. The highest BCUT2D eigenvalue weighted by Crippen LogP contribution is 2.16. The molecule has 1 aromatic rings. The van der Waals surface area contributed by atoms with Crippen molar-refractivity contribution in [1.29, 1.82) is 0 Å². The number of carbonyl (C=O) groups is 1. The average molecular weight is 192 g/mol. The van der Waals surface area contributed by atoms with Gasteiger partial charge in [0.05, 0.1) is 0 Å². The van der Waals surface area contributed by atoms with E-state index < -0.39 is 5.60 Å². The summed E-state index contributed by atoms with van der Waals surface area (Å²) in [5, 5.41) is 9.76. The number of carbonyl (C=O) groups excluding carboxylic acids is 1. The van der Waals surface area contributed by atoms with Crippen LogP contribution in [-0.4, -0.2) is 16.5 Å². The third-order valence-electron chi connectivity index (χ3n) is 2.49. The molecule has 0 saturated carbocycles. The Kier molecular flexibility index (Phi) is 3.06. The van der Waals surface area contributed by atoms with Gasteiger partial charge in [0.1, 0.15) is 5.60 Å². The van der Waals surface area contributed by atoms with Crippen molar-refractivity contribution in [3.63, 3.8) is 0 Å². The van der Waals surface area contributed by atoms with Gasteiger partial charge in [-0.05, 0) is 20.3 Å². The SMILES string of the molecule is CC[C@](C)(O)C(=O)c1ccc(C)cc1. The number of ketones is 1. The van der Waals surface area contributed by atoms with Crippen LogP contribution in [0.1, 0.15) is 36.2 Å². The number of Topliss-reactive ketones (excluding diaryl/α,β-unsaturated/α-hetero) is 1. The van der Waals surface area contributed by atoms with E-state index >= 15 is 0 Å². The van der Waals surface area contributed by atoms with E-state index in [2.05, 4.69) is 0 Å². The van der Waals surface area contributed by atoms with Crippen LogP contribution in [0, 0.1) is 6.92 Å². The smallest absolute Gasteiger partial charge is 0.194 e. The summed E-state index contributed by atoms with van der Waals surface area (Å²) >= 11 is 0. The first-order chi connectivity index (χ1) is 6.47. The lowest BCUT2D eigenvalue weighted by Gasteiger charge is -2.19. The van der Waals surface area contributed by atoms with E-state index in [9.17, 15) is 9.90 Å². The summed E-state index contributed by atoms with van der Waals surface area (Å²) in [7, 11) is 0. The molecule has 76 valence electrons. The minimum atomic E-state index is -1.24. The molecule has 0 aromatic heterocycles. The highest BCUT2D eigenvalue weighted by atomic mass is 16.3. The topological polar surface area (TPSA) is 37.3 Å². The van der Waals surface area contributed by atoms with Gasteiger partial charge in [0.25, 0.3) is 0 Å². The molecule has 1 N–H and O–H groups in total. The van der Waals surface area contributed by atoms with Crippen LogP contribution in [0.4, 0.5) is 0 Å². The lowest BCUT2D eigenvalue weighted by molar-refractivity contribution is 0.0390. The van der Waals surface area contributed by atoms with Crippen molar-refractivity contribution in [1.82, 2.24) is 0 Å². The molecule has 1 aromatic carbocycles. The molecule has 1 rings (SSSR count). The van der Waals surface area contributed by atoms with Crippen molar-refractivity contribution in [2.24, 2.45) is 0 Å². The van der Waals surface area contributed by atoms with Crippen molar-refractivity contribution in [3.05, 3.63) is 35.4 Å². The first kappa shape index (κ1) is 10.9. The summed E-state index contributed by atoms with van der Waals surface area (Å²) in [6.45, 7) is 5.31. The molecule has 0 aliphatic rings. The molecule has 0 saturated heterocycles. The molecule has 0 aliphatic heterocycles. The molecule has 0 fully saturated rings. The maximum absolute atomic E-state index is 11.8. The maximum Gasteiger partial charge on any atom is 0.194 e. The molecule has 0 spiro atoms. The normalized spacial score (nSPS) is 14.9. The molecule has 0 unspecified atom stereocenters. The number of benzene rings is 1. The summed E-state index contributed by atoms with van der Waals surface area (Å²) in [5.74, 6) is -0.208. The lowest BCUT2D eigenvalue weighted by Crippen LogP contribution is -2.34. The van der Waals surface area contributed by atoms with E-state index in [4.69, 9.17) is 0 Å². The molecule has 2 nitrogen and oxygen atoms in total. The first-order valence-electron chi connectivity index (χ1n) is 4.81. The van der Waals surface area contributed by atoms with E-state index in [-0.39, 0.29) is 5.78 Å². The Hall–Kier alpha value is -1.15. The minimum absolute atomic E-state index is 0.208. The average Bonchev–Trinajstić information content (AvgIpc) is 2.18. The maximum atomic E-state index is 11.8. The molecule has 0 heterocycles. The van der Waals surface area contributed by atoms with E-state index in [1.165, 1.54) is 0 Å². The summed E-state index contributed by atoms with van der Waals surface area (Å²) in [6.07, 6.45) is 0.430. The third-order valence-corrected chi connectivity index (χ3v) is 2.49. The Bertz CT molecular complexity index is 323. The monoisotopic (exact) mass is 192 g/mol. The Balaban J connectivity index is 2.96. The van der Waals surface area contributed by atoms with Crippen molar-refractivity contribution in [2.75, 3.05) is 0 Å². The van der Waals surface area contributed by atoms with Crippen molar-refractivity contribution >= 4 is 5.78 Å². The fraction of sp³-hybridized carbons (Fsp3) is 0.417. The predicted molar refractivity (Wildman–Crippen MR) is 56.4 cm³/mol. The highest BCUT2D eigenvalue weighted by molar-refractivity contribution is 6.01. The molecule has 0 aliphatic carbocycles. The minimum Gasteiger partial charge on any atom is -0.382 e. The van der Waals surface area contributed by atoms with Crippen LogP contribution in [-0.2, 0) is 0 Å². The Morgan fingerprint density at radius 1 is 1.36 bits per heavy atom.